The van der Waals surface area contributed by atoms with Gasteiger partial charge in [-0.25, -0.2) is 0 Å². The fraction of sp³-hybridized carbons (Fsp3) is 0.462. The van der Waals surface area contributed by atoms with Gasteiger partial charge in [-0.3, -0.25) is 4.79 Å². The molecule has 4 heteroatoms. The Balaban J connectivity index is 2.69. The van der Waals surface area contributed by atoms with Gasteiger partial charge in [0.25, 0.3) is 0 Å². The SMILES string of the molecule is CNCCN(C)Cc1ccc(C(N)=O)cc1C. The highest BCUT2D eigenvalue weighted by Gasteiger charge is 2.06. The number of hydrogen-bond acceptors (Lipinski definition) is 3. The smallest absolute Gasteiger partial charge is 0.248 e. The van der Waals surface area contributed by atoms with Crippen LogP contribution in [0.2, 0.25) is 0 Å². The largest absolute Gasteiger partial charge is 0.366 e. The topological polar surface area (TPSA) is 58.4 Å². The molecule has 1 aromatic carbocycles. The van der Waals surface area contributed by atoms with Crippen molar-refractivity contribution in [1.29, 1.82) is 0 Å². The molecule has 0 spiro atoms. The molecule has 4 nitrogen and oxygen atoms in total. The van der Waals surface area contributed by atoms with Gasteiger partial charge in [-0.2, -0.15) is 0 Å². The van der Waals surface area contributed by atoms with Crippen LogP contribution in [0, 0.1) is 6.92 Å². The lowest BCUT2D eigenvalue weighted by Gasteiger charge is -2.18. The Kier molecular flexibility index (Phi) is 5.12. The van der Waals surface area contributed by atoms with E-state index in [-0.39, 0.29) is 5.91 Å². The average Bonchev–Trinajstić information content (AvgIpc) is 2.28. The molecular weight excluding hydrogens is 214 g/mol. The Hall–Kier alpha value is -1.39. The van der Waals surface area contributed by atoms with Gasteiger partial charge in [-0.1, -0.05) is 6.07 Å². The van der Waals surface area contributed by atoms with Crippen LogP contribution < -0.4 is 11.1 Å². The first-order valence-corrected chi connectivity index (χ1v) is 5.77. The third kappa shape index (κ3) is 4.17. The molecule has 0 aliphatic carbocycles. The predicted molar refractivity (Wildman–Crippen MR) is 70.0 cm³/mol. The standard InChI is InChI=1S/C13H21N3O/c1-10-8-11(13(14)17)4-5-12(10)9-16(3)7-6-15-2/h4-5,8,15H,6-7,9H2,1-3H3,(H2,14,17). The number of amides is 1. The van der Waals surface area contributed by atoms with Crippen molar-refractivity contribution >= 4 is 5.91 Å². The van der Waals surface area contributed by atoms with Gasteiger partial charge < -0.3 is 16.0 Å². The van der Waals surface area contributed by atoms with Crippen molar-refractivity contribution in [2.45, 2.75) is 13.5 Å². The molecule has 0 heterocycles. The van der Waals surface area contributed by atoms with Crippen LogP contribution >= 0.6 is 0 Å². The van der Waals surface area contributed by atoms with Crippen molar-refractivity contribution in [3.8, 4) is 0 Å². The maximum Gasteiger partial charge on any atom is 0.248 e. The molecule has 0 aliphatic rings. The molecule has 0 saturated carbocycles. The van der Waals surface area contributed by atoms with E-state index in [1.807, 2.05) is 26.1 Å². The number of benzene rings is 1. The summed E-state index contributed by atoms with van der Waals surface area (Å²) in [6.07, 6.45) is 0. The summed E-state index contributed by atoms with van der Waals surface area (Å²) in [7, 11) is 4.03. The highest BCUT2D eigenvalue weighted by atomic mass is 16.1. The van der Waals surface area contributed by atoms with E-state index in [9.17, 15) is 4.79 Å². The first-order valence-electron chi connectivity index (χ1n) is 5.77. The molecular formula is C13H21N3O. The number of primary amides is 1. The minimum Gasteiger partial charge on any atom is -0.366 e. The monoisotopic (exact) mass is 235 g/mol. The maximum atomic E-state index is 11.0. The van der Waals surface area contributed by atoms with E-state index in [0.29, 0.717) is 5.56 Å². The molecule has 0 fully saturated rings. The van der Waals surface area contributed by atoms with E-state index < -0.39 is 0 Å². The van der Waals surface area contributed by atoms with Crippen LogP contribution in [0.3, 0.4) is 0 Å². The summed E-state index contributed by atoms with van der Waals surface area (Å²) in [4.78, 5) is 13.3. The third-order valence-electron chi connectivity index (χ3n) is 2.81. The van der Waals surface area contributed by atoms with Crippen LogP contribution in [0.15, 0.2) is 18.2 Å². The lowest BCUT2D eigenvalue weighted by molar-refractivity contribution is 0.1000. The highest BCUT2D eigenvalue weighted by Crippen LogP contribution is 2.12. The number of aryl methyl sites for hydroxylation is 1. The summed E-state index contributed by atoms with van der Waals surface area (Å²) < 4.78 is 0. The van der Waals surface area contributed by atoms with Gasteiger partial charge in [0.1, 0.15) is 0 Å². The summed E-state index contributed by atoms with van der Waals surface area (Å²) in [6, 6.07) is 5.62. The number of nitrogens with zero attached hydrogens (tertiary/aromatic N) is 1. The second-order valence-corrected chi connectivity index (χ2v) is 4.35. The lowest BCUT2D eigenvalue weighted by atomic mass is 10.0. The molecule has 0 bridgehead atoms. The molecule has 3 N–H and O–H groups in total. The Labute approximate surface area is 103 Å². The fourth-order valence-electron chi connectivity index (χ4n) is 1.70. The Morgan fingerprint density at radius 2 is 2.18 bits per heavy atom. The number of nitrogens with two attached hydrogens (primary N) is 1. The van der Waals surface area contributed by atoms with Gasteiger partial charge in [0.15, 0.2) is 0 Å². The van der Waals surface area contributed by atoms with Gasteiger partial charge >= 0.3 is 0 Å². The van der Waals surface area contributed by atoms with E-state index in [0.717, 1.165) is 25.2 Å². The summed E-state index contributed by atoms with van der Waals surface area (Å²) in [6.45, 7) is 4.85. The van der Waals surface area contributed by atoms with Gasteiger partial charge in [0.2, 0.25) is 5.91 Å². The molecule has 94 valence electrons. The molecule has 1 aromatic rings. The average molecular weight is 235 g/mol. The second-order valence-electron chi connectivity index (χ2n) is 4.35. The highest BCUT2D eigenvalue weighted by molar-refractivity contribution is 5.93. The summed E-state index contributed by atoms with van der Waals surface area (Å²) in [5.41, 5.74) is 8.15. The molecule has 0 atom stereocenters. The Bertz CT molecular complexity index is 390. The van der Waals surface area contributed by atoms with Gasteiger partial charge in [-0.05, 0) is 44.3 Å². The van der Waals surface area contributed by atoms with Crippen LogP contribution in [0.1, 0.15) is 21.5 Å². The number of rotatable bonds is 6. The van der Waals surface area contributed by atoms with E-state index in [1.54, 1.807) is 6.07 Å². The van der Waals surface area contributed by atoms with Gasteiger partial charge in [-0.15, -0.1) is 0 Å². The van der Waals surface area contributed by atoms with Crippen LogP contribution in [0.5, 0.6) is 0 Å². The minimum absolute atomic E-state index is 0.372. The zero-order valence-corrected chi connectivity index (χ0v) is 10.8. The van der Waals surface area contributed by atoms with E-state index in [4.69, 9.17) is 5.73 Å². The zero-order valence-electron chi connectivity index (χ0n) is 10.8. The number of likely N-dealkylation sites (N-methyl/N-ethyl adjacent to an activating group) is 2. The molecule has 0 saturated heterocycles. The van der Waals surface area contributed by atoms with Crippen LogP contribution in [-0.4, -0.2) is 38.0 Å². The first kappa shape index (κ1) is 13.7. The van der Waals surface area contributed by atoms with Crippen molar-refractivity contribution < 1.29 is 4.79 Å². The number of hydrogen-bond donors (Lipinski definition) is 2. The molecule has 1 rings (SSSR count). The fourth-order valence-corrected chi connectivity index (χ4v) is 1.70. The molecule has 1 amide bonds. The number of carbonyl (C=O) groups excluding carboxylic acids is 1. The zero-order chi connectivity index (χ0) is 12.8. The van der Waals surface area contributed by atoms with Crippen molar-refractivity contribution in [3.63, 3.8) is 0 Å². The third-order valence-corrected chi connectivity index (χ3v) is 2.81. The Morgan fingerprint density at radius 3 is 2.71 bits per heavy atom. The number of carbonyl (C=O) groups is 1. The maximum absolute atomic E-state index is 11.0. The minimum atomic E-state index is -0.372. The molecule has 0 unspecified atom stereocenters. The normalized spacial score (nSPS) is 10.8. The van der Waals surface area contributed by atoms with E-state index >= 15 is 0 Å². The van der Waals surface area contributed by atoms with Crippen molar-refractivity contribution in [2.24, 2.45) is 5.73 Å². The molecule has 0 radical (unpaired) electrons. The predicted octanol–water partition coefficient (Wildman–Crippen LogP) is 0.745. The van der Waals surface area contributed by atoms with Crippen molar-refractivity contribution in [1.82, 2.24) is 10.2 Å². The first-order chi connectivity index (χ1) is 8.04. The van der Waals surface area contributed by atoms with E-state index in [2.05, 4.69) is 17.3 Å². The second kappa shape index (κ2) is 6.37. The number of nitrogens with one attached hydrogen (secondary N) is 1. The molecule has 17 heavy (non-hydrogen) atoms. The van der Waals surface area contributed by atoms with Crippen LogP contribution in [-0.2, 0) is 6.54 Å². The molecule has 0 aliphatic heterocycles. The summed E-state index contributed by atoms with van der Waals surface area (Å²) >= 11 is 0. The van der Waals surface area contributed by atoms with Crippen LogP contribution in [0.25, 0.3) is 0 Å². The van der Waals surface area contributed by atoms with E-state index in [1.165, 1.54) is 5.56 Å². The van der Waals surface area contributed by atoms with Crippen LogP contribution in [0.4, 0.5) is 0 Å². The van der Waals surface area contributed by atoms with Gasteiger partial charge in [0, 0.05) is 25.2 Å². The Morgan fingerprint density at radius 1 is 1.47 bits per heavy atom. The molecule has 0 aromatic heterocycles. The summed E-state index contributed by atoms with van der Waals surface area (Å²) in [5.74, 6) is -0.372. The van der Waals surface area contributed by atoms with Gasteiger partial charge in [0.05, 0.1) is 0 Å². The van der Waals surface area contributed by atoms with Crippen molar-refractivity contribution in [3.05, 3.63) is 34.9 Å². The summed E-state index contributed by atoms with van der Waals surface area (Å²) in [5, 5.41) is 3.12. The lowest BCUT2D eigenvalue weighted by Crippen LogP contribution is -2.27. The quantitative estimate of drug-likeness (QED) is 0.765. The van der Waals surface area contributed by atoms with Crippen molar-refractivity contribution in [2.75, 3.05) is 27.2 Å².